The normalized spacial score (nSPS) is 12.0. The summed E-state index contributed by atoms with van der Waals surface area (Å²) in [6.07, 6.45) is 0.208. The van der Waals surface area contributed by atoms with E-state index in [-0.39, 0.29) is 18.0 Å². The monoisotopic (exact) mass is 377 g/mol. The first kappa shape index (κ1) is 17.1. The Morgan fingerprint density at radius 3 is 2.67 bits per heavy atom. The summed E-state index contributed by atoms with van der Waals surface area (Å²) in [5, 5.41) is 13.1. The number of non-ortho nitro benzene ring substituents is 1. The zero-order valence-electron chi connectivity index (χ0n) is 14.5. The molecule has 4 aromatic rings. The van der Waals surface area contributed by atoms with Crippen molar-refractivity contribution < 1.29 is 9.72 Å². The van der Waals surface area contributed by atoms with Crippen molar-refractivity contribution in [2.75, 3.05) is 0 Å². The van der Waals surface area contributed by atoms with Crippen LogP contribution in [0.3, 0.4) is 0 Å². The van der Waals surface area contributed by atoms with Crippen molar-refractivity contribution in [2.24, 2.45) is 12.0 Å². The van der Waals surface area contributed by atoms with Crippen LogP contribution < -0.4 is 4.80 Å². The summed E-state index contributed by atoms with van der Waals surface area (Å²) in [7, 11) is 1.80. The molecule has 1 heterocycles. The molecule has 0 saturated carbocycles. The van der Waals surface area contributed by atoms with Crippen molar-refractivity contribution in [1.82, 2.24) is 4.57 Å². The molecule has 0 fully saturated rings. The molecule has 0 aliphatic heterocycles. The van der Waals surface area contributed by atoms with Gasteiger partial charge in [-0.1, -0.05) is 53.8 Å². The van der Waals surface area contributed by atoms with Gasteiger partial charge in [0.15, 0.2) is 4.80 Å². The van der Waals surface area contributed by atoms with Crippen LogP contribution in [0.25, 0.3) is 21.0 Å². The number of aryl methyl sites for hydroxylation is 1. The summed E-state index contributed by atoms with van der Waals surface area (Å²) in [6, 6.07) is 18.6. The van der Waals surface area contributed by atoms with Crippen molar-refractivity contribution in [1.29, 1.82) is 0 Å². The fourth-order valence-corrected chi connectivity index (χ4v) is 4.08. The van der Waals surface area contributed by atoms with Crippen LogP contribution in [0.4, 0.5) is 5.69 Å². The molecule has 7 heteroatoms. The van der Waals surface area contributed by atoms with Crippen molar-refractivity contribution in [3.05, 3.63) is 81.1 Å². The number of amides is 1. The molecule has 0 aliphatic carbocycles. The molecular weight excluding hydrogens is 362 g/mol. The molecule has 1 amide bonds. The summed E-state index contributed by atoms with van der Waals surface area (Å²) in [5.41, 5.74) is 1.74. The molecule has 6 nitrogen and oxygen atoms in total. The Morgan fingerprint density at radius 2 is 1.89 bits per heavy atom. The highest BCUT2D eigenvalue weighted by molar-refractivity contribution is 7.16. The van der Waals surface area contributed by atoms with E-state index in [1.807, 2.05) is 42.5 Å². The lowest BCUT2D eigenvalue weighted by Gasteiger charge is -2.01. The largest absolute Gasteiger partial charge is 0.319 e. The lowest BCUT2D eigenvalue weighted by atomic mass is 10.1. The summed E-state index contributed by atoms with van der Waals surface area (Å²) in [5.74, 6) is -0.248. The Kier molecular flexibility index (Phi) is 4.29. The van der Waals surface area contributed by atoms with Crippen LogP contribution >= 0.6 is 11.3 Å². The third-order valence-corrected chi connectivity index (χ3v) is 5.49. The van der Waals surface area contributed by atoms with Crippen molar-refractivity contribution >= 4 is 43.9 Å². The number of nitro benzene ring substituents is 1. The first-order valence-corrected chi connectivity index (χ1v) is 9.12. The number of nitro groups is 1. The van der Waals surface area contributed by atoms with Gasteiger partial charge in [-0.15, -0.1) is 0 Å². The van der Waals surface area contributed by atoms with Gasteiger partial charge in [0.25, 0.3) is 11.6 Å². The minimum atomic E-state index is -0.430. The number of rotatable bonds is 3. The van der Waals surface area contributed by atoms with Gasteiger partial charge in [-0.2, -0.15) is 4.99 Å². The molecule has 3 aromatic carbocycles. The Bertz CT molecular complexity index is 1270. The van der Waals surface area contributed by atoms with Crippen LogP contribution in [-0.4, -0.2) is 15.4 Å². The highest BCUT2D eigenvalue weighted by Gasteiger charge is 2.11. The number of hydrogen-bond donors (Lipinski definition) is 0. The SMILES string of the molecule is Cn1c(=NC(=O)Cc2ccc3ccccc3c2)sc2cc([N+](=O)[O-])ccc21. The van der Waals surface area contributed by atoms with Crippen LogP contribution in [-0.2, 0) is 18.3 Å². The lowest BCUT2D eigenvalue weighted by Crippen LogP contribution is -2.14. The third kappa shape index (κ3) is 3.37. The predicted molar refractivity (Wildman–Crippen MR) is 106 cm³/mol. The van der Waals surface area contributed by atoms with E-state index in [0.29, 0.717) is 4.80 Å². The number of nitrogens with zero attached hydrogens (tertiary/aromatic N) is 3. The lowest BCUT2D eigenvalue weighted by molar-refractivity contribution is -0.384. The number of aromatic nitrogens is 1. The quantitative estimate of drug-likeness (QED) is 0.400. The van der Waals surface area contributed by atoms with Gasteiger partial charge in [-0.3, -0.25) is 14.9 Å². The van der Waals surface area contributed by atoms with E-state index in [1.165, 1.54) is 23.5 Å². The van der Waals surface area contributed by atoms with E-state index in [4.69, 9.17) is 0 Å². The second kappa shape index (κ2) is 6.77. The van der Waals surface area contributed by atoms with Crippen molar-refractivity contribution in [2.45, 2.75) is 6.42 Å². The van der Waals surface area contributed by atoms with Crippen LogP contribution in [0.5, 0.6) is 0 Å². The second-order valence-electron chi connectivity index (χ2n) is 6.22. The van der Waals surface area contributed by atoms with E-state index in [2.05, 4.69) is 4.99 Å². The number of thiazole rings is 1. The Morgan fingerprint density at radius 1 is 1.11 bits per heavy atom. The maximum atomic E-state index is 12.4. The molecule has 0 N–H and O–H groups in total. The Hall–Kier alpha value is -3.32. The van der Waals surface area contributed by atoms with Gasteiger partial charge < -0.3 is 4.57 Å². The summed E-state index contributed by atoms with van der Waals surface area (Å²) in [4.78, 5) is 27.7. The minimum absolute atomic E-state index is 0.0263. The third-order valence-electron chi connectivity index (χ3n) is 4.39. The van der Waals surface area contributed by atoms with Gasteiger partial charge in [-0.05, 0) is 22.4 Å². The van der Waals surface area contributed by atoms with Crippen LogP contribution in [0.15, 0.2) is 65.7 Å². The van der Waals surface area contributed by atoms with Crippen molar-refractivity contribution in [3.8, 4) is 0 Å². The van der Waals surface area contributed by atoms with Crippen LogP contribution in [0.1, 0.15) is 5.56 Å². The molecular formula is C20H15N3O3S. The highest BCUT2D eigenvalue weighted by Crippen LogP contribution is 2.22. The topological polar surface area (TPSA) is 77.5 Å². The smallest absolute Gasteiger partial charge is 0.270 e. The molecule has 0 bridgehead atoms. The molecule has 0 atom stereocenters. The Labute approximate surface area is 158 Å². The number of carbonyl (C=O) groups is 1. The van der Waals surface area contributed by atoms with Crippen molar-refractivity contribution in [3.63, 3.8) is 0 Å². The second-order valence-corrected chi connectivity index (χ2v) is 7.23. The highest BCUT2D eigenvalue weighted by atomic mass is 32.1. The van der Waals surface area contributed by atoms with Gasteiger partial charge in [0.1, 0.15) is 0 Å². The molecule has 0 unspecified atom stereocenters. The van der Waals surface area contributed by atoms with Gasteiger partial charge in [0, 0.05) is 19.2 Å². The van der Waals surface area contributed by atoms with Gasteiger partial charge >= 0.3 is 0 Å². The molecule has 1 aromatic heterocycles. The van der Waals surface area contributed by atoms with Gasteiger partial charge in [-0.25, -0.2) is 0 Å². The first-order valence-electron chi connectivity index (χ1n) is 8.30. The minimum Gasteiger partial charge on any atom is -0.319 e. The molecule has 0 aliphatic rings. The fourth-order valence-electron chi connectivity index (χ4n) is 3.01. The van der Waals surface area contributed by atoms with E-state index >= 15 is 0 Å². The average molecular weight is 377 g/mol. The van der Waals surface area contributed by atoms with Crippen LogP contribution in [0.2, 0.25) is 0 Å². The predicted octanol–water partition coefficient (Wildman–Crippen LogP) is 3.97. The molecule has 0 saturated heterocycles. The number of fused-ring (bicyclic) bond motifs is 2. The molecule has 27 heavy (non-hydrogen) atoms. The number of carbonyl (C=O) groups excluding carboxylic acids is 1. The van der Waals surface area contributed by atoms with E-state index in [1.54, 1.807) is 17.7 Å². The summed E-state index contributed by atoms with van der Waals surface area (Å²) < 4.78 is 2.51. The molecule has 0 radical (unpaired) electrons. The summed E-state index contributed by atoms with van der Waals surface area (Å²) in [6.45, 7) is 0. The molecule has 4 rings (SSSR count). The fraction of sp³-hybridized carbons (Fsp3) is 0.100. The standard InChI is InChI=1S/C20H15N3O3S/c1-22-17-9-8-16(23(25)26)12-18(17)27-20(22)21-19(24)11-13-6-7-14-4-2-3-5-15(14)10-13/h2-10,12H,11H2,1H3. The zero-order chi connectivity index (χ0) is 19.0. The van der Waals surface area contributed by atoms with E-state index in [9.17, 15) is 14.9 Å². The van der Waals surface area contributed by atoms with Gasteiger partial charge in [0.2, 0.25) is 0 Å². The van der Waals surface area contributed by atoms with E-state index in [0.717, 1.165) is 26.6 Å². The van der Waals surface area contributed by atoms with Crippen LogP contribution in [0, 0.1) is 10.1 Å². The average Bonchev–Trinajstić information content (AvgIpc) is 2.96. The number of benzene rings is 3. The first-order chi connectivity index (χ1) is 13.0. The van der Waals surface area contributed by atoms with E-state index < -0.39 is 4.92 Å². The number of hydrogen-bond acceptors (Lipinski definition) is 4. The Balaban J connectivity index is 1.66. The molecule has 134 valence electrons. The van der Waals surface area contributed by atoms with Gasteiger partial charge in [0.05, 0.1) is 21.6 Å². The maximum absolute atomic E-state index is 12.4. The molecule has 0 spiro atoms. The maximum Gasteiger partial charge on any atom is 0.270 e. The summed E-state index contributed by atoms with van der Waals surface area (Å²) >= 11 is 1.27. The zero-order valence-corrected chi connectivity index (χ0v) is 15.3.